The van der Waals surface area contributed by atoms with E-state index in [-0.39, 0.29) is 22.7 Å². The monoisotopic (exact) mass is 617 g/mol. The van der Waals surface area contributed by atoms with E-state index in [9.17, 15) is 9.90 Å². The van der Waals surface area contributed by atoms with Crippen LogP contribution in [0.2, 0.25) is 0 Å². The number of anilines is 1. The number of carbonyl (C=O) groups is 1. The van der Waals surface area contributed by atoms with E-state index in [4.69, 9.17) is 37.9 Å². The van der Waals surface area contributed by atoms with E-state index < -0.39 is 0 Å². The second-order valence-electron chi connectivity index (χ2n) is 9.72. The molecule has 1 aromatic carbocycles. The topological polar surface area (TPSA) is 117 Å². The Bertz CT molecular complexity index is 1160. The summed E-state index contributed by atoms with van der Waals surface area (Å²) < 4.78 is 44.9. The highest BCUT2D eigenvalue weighted by Gasteiger charge is 2.36. The van der Waals surface area contributed by atoms with Crippen molar-refractivity contribution in [2.24, 2.45) is 0 Å². The third kappa shape index (κ3) is 10.5. The Labute approximate surface area is 259 Å². The summed E-state index contributed by atoms with van der Waals surface area (Å²) in [6, 6.07) is 7.35. The molecule has 0 amide bonds. The maximum Gasteiger partial charge on any atom is 0.250 e. The Morgan fingerprint density at radius 3 is 1.57 bits per heavy atom. The summed E-state index contributed by atoms with van der Waals surface area (Å²) in [5, 5.41) is 10.9. The van der Waals surface area contributed by atoms with Crippen LogP contribution in [0.1, 0.15) is 5.56 Å². The number of benzene rings is 1. The summed E-state index contributed by atoms with van der Waals surface area (Å²) >= 11 is 0. The van der Waals surface area contributed by atoms with E-state index in [0.29, 0.717) is 90.9 Å². The largest absolute Gasteiger partial charge is 0.506 e. The summed E-state index contributed by atoms with van der Waals surface area (Å²) in [4.78, 5) is 15.1. The maximum atomic E-state index is 13.2. The molecule has 0 unspecified atom stereocenters. The highest BCUT2D eigenvalue weighted by atomic mass is 16.6. The Kier molecular flexibility index (Phi) is 16.0. The maximum absolute atomic E-state index is 13.2. The van der Waals surface area contributed by atoms with Crippen molar-refractivity contribution in [2.45, 2.75) is 0 Å². The molecule has 12 heteroatoms. The van der Waals surface area contributed by atoms with Crippen LogP contribution in [0.4, 0.5) is 5.69 Å². The first kappa shape index (κ1) is 35.3. The summed E-state index contributed by atoms with van der Waals surface area (Å²) in [6.07, 6.45) is 7.35. The second-order valence-corrected chi connectivity index (χ2v) is 9.72. The van der Waals surface area contributed by atoms with Crippen LogP contribution in [0.3, 0.4) is 0 Å². The Hall–Kier alpha value is -3.20. The van der Waals surface area contributed by atoms with E-state index in [0.717, 1.165) is 11.4 Å². The summed E-state index contributed by atoms with van der Waals surface area (Å²) in [6.45, 7) is 4.91. The van der Waals surface area contributed by atoms with Crippen molar-refractivity contribution in [3.63, 3.8) is 0 Å². The molecule has 1 N–H and O–H groups in total. The number of allylic oxidation sites excluding steroid dienone is 7. The van der Waals surface area contributed by atoms with E-state index in [1.165, 1.54) is 0 Å². The lowest BCUT2D eigenvalue weighted by atomic mass is 9.80. The molecule has 0 aromatic heterocycles. The molecule has 2 aliphatic carbocycles. The molecule has 2 aliphatic rings. The molecule has 242 valence electrons. The van der Waals surface area contributed by atoms with Crippen LogP contribution in [0.15, 0.2) is 65.5 Å². The highest BCUT2D eigenvalue weighted by Crippen LogP contribution is 2.39. The standard InChI is InChI=1S/C32H44N2O10/c1-37-13-17-41-21-33(22-42-18-14-38-2)27-9-5-25(6-10-27)29-31(35)30(32(29)36)26-7-11-28(12-8-26)34(23-43-19-15-39-3)24-44-20-16-40-4/h5-12H,13-24H2,1-4H3/p+1. The number of nitrogens with zero attached hydrogens (tertiary/aromatic N) is 2. The molecular formula is C32H45N2O10+. The van der Waals surface area contributed by atoms with Gasteiger partial charge in [0.25, 0.3) is 0 Å². The first-order chi connectivity index (χ1) is 21.5. The van der Waals surface area contributed by atoms with Gasteiger partial charge in [-0.15, -0.1) is 0 Å². The minimum absolute atomic E-state index is 0.0270. The Morgan fingerprint density at radius 2 is 1.11 bits per heavy atom. The van der Waals surface area contributed by atoms with E-state index in [2.05, 4.69) is 0 Å². The average Bonchev–Trinajstić information content (AvgIpc) is 3.04. The molecule has 0 spiro atoms. The number of ether oxygens (including phenoxy) is 8. The van der Waals surface area contributed by atoms with Crippen molar-refractivity contribution < 1.29 is 52.4 Å². The molecule has 0 saturated heterocycles. The zero-order chi connectivity index (χ0) is 31.6. The van der Waals surface area contributed by atoms with Gasteiger partial charge in [-0.2, -0.15) is 4.58 Å². The molecule has 0 radical (unpaired) electrons. The molecule has 0 bridgehead atoms. The average molecular weight is 618 g/mol. The van der Waals surface area contributed by atoms with Gasteiger partial charge in [0.1, 0.15) is 19.2 Å². The van der Waals surface area contributed by atoms with Crippen LogP contribution < -0.4 is 4.90 Å². The minimum Gasteiger partial charge on any atom is -0.506 e. The predicted octanol–water partition coefficient (Wildman–Crippen LogP) is 2.70. The normalized spacial score (nSPS) is 14.5. The van der Waals surface area contributed by atoms with Crippen LogP contribution in [0.5, 0.6) is 0 Å². The molecule has 3 rings (SSSR count). The molecule has 0 heterocycles. The van der Waals surface area contributed by atoms with E-state index in [1.54, 1.807) is 52.7 Å². The summed E-state index contributed by atoms with van der Waals surface area (Å²) in [5.41, 5.74) is 3.52. The van der Waals surface area contributed by atoms with Gasteiger partial charge in [-0.05, 0) is 35.4 Å². The Morgan fingerprint density at radius 1 is 0.636 bits per heavy atom. The van der Waals surface area contributed by atoms with Crippen molar-refractivity contribution in [3.8, 4) is 0 Å². The number of methoxy groups -OCH3 is 4. The number of carbonyl (C=O) groups excluding carboxylic acids is 1. The van der Waals surface area contributed by atoms with Crippen molar-refractivity contribution >= 4 is 22.8 Å². The van der Waals surface area contributed by atoms with Crippen LogP contribution >= 0.6 is 0 Å². The number of aliphatic hydroxyl groups excluding tert-OH is 1. The van der Waals surface area contributed by atoms with Crippen molar-refractivity contribution in [2.75, 3.05) is 113 Å². The highest BCUT2D eigenvalue weighted by molar-refractivity contribution is 6.39. The van der Waals surface area contributed by atoms with Crippen LogP contribution in [-0.4, -0.2) is 129 Å². The van der Waals surface area contributed by atoms with Gasteiger partial charge in [-0.25, -0.2) is 0 Å². The molecule has 0 saturated carbocycles. The van der Waals surface area contributed by atoms with E-state index in [1.807, 2.05) is 33.8 Å². The molecule has 12 nitrogen and oxygen atoms in total. The fourth-order valence-corrected chi connectivity index (χ4v) is 4.26. The molecule has 0 fully saturated rings. The number of rotatable bonds is 22. The first-order valence-electron chi connectivity index (χ1n) is 14.4. The smallest absolute Gasteiger partial charge is 0.250 e. The summed E-state index contributed by atoms with van der Waals surface area (Å²) in [7, 11) is 6.48. The molecule has 0 atom stereocenters. The quantitative estimate of drug-likeness (QED) is 0.0896. The van der Waals surface area contributed by atoms with Gasteiger partial charge in [-0.3, -0.25) is 4.79 Å². The van der Waals surface area contributed by atoms with Gasteiger partial charge in [0.2, 0.25) is 25.0 Å². The molecule has 0 aliphatic heterocycles. The molecule has 44 heavy (non-hydrogen) atoms. The number of ketones is 1. The lowest BCUT2D eigenvalue weighted by Gasteiger charge is -2.26. The van der Waals surface area contributed by atoms with Crippen molar-refractivity contribution in [3.05, 3.63) is 71.0 Å². The summed E-state index contributed by atoms with van der Waals surface area (Å²) in [5.74, 6) is -0.242. The van der Waals surface area contributed by atoms with Crippen LogP contribution in [0.25, 0.3) is 5.57 Å². The van der Waals surface area contributed by atoms with Gasteiger partial charge in [0.05, 0.1) is 64.0 Å². The van der Waals surface area contributed by atoms with Gasteiger partial charge >= 0.3 is 0 Å². The predicted molar refractivity (Wildman–Crippen MR) is 165 cm³/mol. The number of aliphatic hydroxyl groups is 1. The second kappa shape index (κ2) is 20.0. The lowest BCUT2D eigenvalue weighted by Crippen LogP contribution is -2.30. The fourth-order valence-electron chi connectivity index (χ4n) is 4.26. The SMILES string of the molecule is COCCOCN(COCCOC)c1ccc(C2=C(O)C(=C3C=CC(=[N+](COCCOC)COCCOC)C=C3)C2=O)cc1. The van der Waals surface area contributed by atoms with Crippen molar-refractivity contribution in [1.29, 1.82) is 0 Å². The van der Waals surface area contributed by atoms with Gasteiger partial charge in [0.15, 0.2) is 0 Å². The lowest BCUT2D eigenvalue weighted by molar-refractivity contribution is -0.601. The minimum atomic E-state index is -0.215. The van der Waals surface area contributed by atoms with Gasteiger partial charge in [0, 0.05) is 46.3 Å². The number of hydrogen-bond acceptors (Lipinski definition) is 11. The zero-order valence-electron chi connectivity index (χ0n) is 26.1. The number of Topliss-reactive ketones (excluding diaryl/α,β-unsaturated/α-hetero) is 1. The molecule has 1 aromatic rings. The number of hydrogen-bond donors (Lipinski definition) is 1. The third-order valence-electron chi connectivity index (χ3n) is 6.69. The van der Waals surface area contributed by atoms with Crippen LogP contribution in [0, 0.1) is 0 Å². The molecular weight excluding hydrogens is 572 g/mol. The third-order valence-corrected chi connectivity index (χ3v) is 6.69. The zero-order valence-corrected chi connectivity index (χ0v) is 26.1. The van der Waals surface area contributed by atoms with Gasteiger partial charge in [-0.1, -0.05) is 12.1 Å². The van der Waals surface area contributed by atoms with Crippen LogP contribution in [-0.2, 0) is 42.7 Å². The van der Waals surface area contributed by atoms with Crippen molar-refractivity contribution in [1.82, 2.24) is 0 Å². The van der Waals surface area contributed by atoms with E-state index >= 15 is 0 Å². The Balaban J connectivity index is 1.72. The fraction of sp³-hybridized carbons (Fsp3) is 0.500. The van der Waals surface area contributed by atoms with Gasteiger partial charge < -0.3 is 47.9 Å². The first-order valence-corrected chi connectivity index (χ1v) is 14.4.